The normalized spacial score (nSPS) is 31.5. The van der Waals surface area contributed by atoms with Gasteiger partial charge in [-0.3, -0.25) is 9.59 Å². The molecule has 0 unspecified atom stereocenters. The monoisotopic (exact) mass is 182 g/mol. The van der Waals surface area contributed by atoms with E-state index in [0.29, 0.717) is 0 Å². The van der Waals surface area contributed by atoms with Crippen molar-refractivity contribution < 1.29 is 9.59 Å². The molecule has 4 nitrogen and oxygen atoms in total. The predicted octanol–water partition coefficient (Wildman–Crippen LogP) is -0.114. The van der Waals surface area contributed by atoms with Crippen LogP contribution < -0.4 is 5.32 Å². The second kappa shape index (κ2) is 2.47. The standard InChI is InChI=1S/C9H14N2O2/c1-9(2)8(13)11-5-3-4-6(11)7(12)10-9/h6H,3-5H2,1-2H3,(H,10,12)/t6-/m1/s1. The smallest absolute Gasteiger partial charge is 0.248 e. The highest BCUT2D eigenvalue weighted by atomic mass is 16.2. The van der Waals surface area contributed by atoms with Crippen molar-refractivity contribution in [2.75, 3.05) is 6.54 Å². The summed E-state index contributed by atoms with van der Waals surface area (Å²) in [5, 5.41) is 2.75. The Balaban J connectivity index is 2.30. The Kier molecular flexibility index (Phi) is 1.62. The molecule has 0 saturated carbocycles. The maximum Gasteiger partial charge on any atom is 0.248 e. The van der Waals surface area contributed by atoms with Crippen LogP contribution in [-0.2, 0) is 9.59 Å². The predicted molar refractivity (Wildman–Crippen MR) is 47.0 cm³/mol. The summed E-state index contributed by atoms with van der Waals surface area (Å²) >= 11 is 0. The van der Waals surface area contributed by atoms with Crippen LogP contribution in [0.15, 0.2) is 0 Å². The van der Waals surface area contributed by atoms with E-state index in [1.54, 1.807) is 18.7 Å². The third kappa shape index (κ3) is 1.12. The van der Waals surface area contributed by atoms with Gasteiger partial charge >= 0.3 is 0 Å². The first kappa shape index (κ1) is 8.53. The molecule has 2 amide bonds. The average Bonchev–Trinajstić information content (AvgIpc) is 2.47. The van der Waals surface area contributed by atoms with E-state index >= 15 is 0 Å². The van der Waals surface area contributed by atoms with E-state index in [1.165, 1.54) is 0 Å². The van der Waals surface area contributed by atoms with Crippen LogP contribution >= 0.6 is 0 Å². The van der Waals surface area contributed by atoms with Gasteiger partial charge in [-0.25, -0.2) is 0 Å². The van der Waals surface area contributed by atoms with Crippen molar-refractivity contribution in [1.82, 2.24) is 10.2 Å². The molecular weight excluding hydrogens is 168 g/mol. The maximum absolute atomic E-state index is 11.8. The number of piperazine rings is 1. The van der Waals surface area contributed by atoms with Gasteiger partial charge in [0.2, 0.25) is 11.8 Å². The van der Waals surface area contributed by atoms with E-state index in [0.717, 1.165) is 19.4 Å². The quantitative estimate of drug-likeness (QED) is 0.568. The summed E-state index contributed by atoms with van der Waals surface area (Å²) in [4.78, 5) is 25.0. The van der Waals surface area contributed by atoms with Gasteiger partial charge in [0.1, 0.15) is 11.6 Å². The Morgan fingerprint density at radius 1 is 1.46 bits per heavy atom. The van der Waals surface area contributed by atoms with E-state index in [4.69, 9.17) is 0 Å². The summed E-state index contributed by atoms with van der Waals surface area (Å²) in [7, 11) is 0. The largest absolute Gasteiger partial charge is 0.340 e. The zero-order valence-corrected chi connectivity index (χ0v) is 7.96. The van der Waals surface area contributed by atoms with Crippen molar-refractivity contribution >= 4 is 11.8 Å². The van der Waals surface area contributed by atoms with Crippen LogP contribution in [0.25, 0.3) is 0 Å². The third-order valence-electron chi connectivity index (χ3n) is 2.79. The van der Waals surface area contributed by atoms with Gasteiger partial charge in [0, 0.05) is 6.54 Å². The first-order valence-corrected chi connectivity index (χ1v) is 4.65. The van der Waals surface area contributed by atoms with Crippen molar-refractivity contribution in [3.8, 4) is 0 Å². The first-order valence-electron chi connectivity index (χ1n) is 4.65. The van der Waals surface area contributed by atoms with Crippen molar-refractivity contribution in [3.63, 3.8) is 0 Å². The lowest BCUT2D eigenvalue weighted by atomic mass is 9.98. The number of nitrogens with one attached hydrogen (secondary N) is 1. The van der Waals surface area contributed by atoms with E-state index in [1.807, 2.05) is 0 Å². The molecular formula is C9H14N2O2. The molecule has 0 bridgehead atoms. The van der Waals surface area contributed by atoms with Gasteiger partial charge in [-0.1, -0.05) is 0 Å². The molecule has 0 radical (unpaired) electrons. The topological polar surface area (TPSA) is 49.4 Å². The van der Waals surface area contributed by atoms with Crippen LogP contribution in [0, 0.1) is 0 Å². The molecule has 1 atom stereocenters. The molecule has 72 valence electrons. The SMILES string of the molecule is CC1(C)NC(=O)[C@H]2CCCN2C1=O. The van der Waals surface area contributed by atoms with Crippen LogP contribution in [0.3, 0.4) is 0 Å². The van der Waals surface area contributed by atoms with Crippen LogP contribution in [0.4, 0.5) is 0 Å². The summed E-state index contributed by atoms with van der Waals surface area (Å²) in [6.45, 7) is 4.24. The molecule has 1 N–H and O–H groups in total. The lowest BCUT2D eigenvalue weighted by molar-refractivity contribution is -0.151. The van der Waals surface area contributed by atoms with Gasteiger partial charge in [0.25, 0.3) is 0 Å². The van der Waals surface area contributed by atoms with E-state index < -0.39 is 5.54 Å². The number of rotatable bonds is 0. The molecule has 2 saturated heterocycles. The number of hydrogen-bond donors (Lipinski definition) is 1. The van der Waals surface area contributed by atoms with Crippen molar-refractivity contribution in [2.45, 2.75) is 38.3 Å². The molecule has 0 aliphatic carbocycles. The Morgan fingerprint density at radius 2 is 2.15 bits per heavy atom. The molecule has 2 rings (SSSR count). The highest BCUT2D eigenvalue weighted by molar-refractivity contribution is 5.99. The van der Waals surface area contributed by atoms with Crippen molar-refractivity contribution in [1.29, 1.82) is 0 Å². The lowest BCUT2D eigenvalue weighted by Gasteiger charge is -2.39. The second-order valence-electron chi connectivity index (χ2n) is 4.27. The van der Waals surface area contributed by atoms with E-state index in [9.17, 15) is 9.59 Å². The Labute approximate surface area is 77.3 Å². The molecule has 13 heavy (non-hydrogen) atoms. The fourth-order valence-electron chi connectivity index (χ4n) is 2.09. The Bertz CT molecular complexity index is 273. The summed E-state index contributed by atoms with van der Waals surface area (Å²) in [6.07, 6.45) is 1.76. The van der Waals surface area contributed by atoms with E-state index in [2.05, 4.69) is 5.32 Å². The Morgan fingerprint density at radius 3 is 2.85 bits per heavy atom. The molecule has 2 aliphatic rings. The Hall–Kier alpha value is -1.06. The van der Waals surface area contributed by atoms with Gasteiger partial charge < -0.3 is 10.2 Å². The van der Waals surface area contributed by atoms with Gasteiger partial charge in [0.15, 0.2) is 0 Å². The summed E-state index contributed by atoms with van der Waals surface area (Å²) < 4.78 is 0. The number of fused-ring (bicyclic) bond motifs is 1. The highest BCUT2D eigenvalue weighted by Gasteiger charge is 2.46. The molecule has 2 heterocycles. The summed E-state index contributed by atoms with van der Waals surface area (Å²) in [5.74, 6) is 0.0525. The van der Waals surface area contributed by atoms with Crippen molar-refractivity contribution in [3.05, 3.63) is 0 Å². The van der Waals surface area contributed by atoms with Gasteiger partial charge in [0.05, 0.1) is 0 Å². The number of hydrogen-bond acceptors (Lipinski definition) is 2. The maximum atomic E-state index is 11.8. The minimum atomic E-state index is -0.710. The molecule has 0 spiro atoms. The summed E-state index contributed by atoms with van der Waals surface area (Å²) in [6, 6.07) is -0.194. The molecule has 2 fully saturated rings. The van der Waals surface area contributed by atoms with Gasteiger partial charge in [-0.2, -0.15) is 0 Å². The molecule has 0 aromatic carbocycles. The van der Waals surface area contributed by atoms with Crippen molar-refractivity contribution in [2.24, 2.45) is 0 Å². The van der Waals surface area contributed by atoms with Crippen LogP contribution in [0.5, 0.6) is 0 Å². The number of carbonyl (C=O) groups excluding carboxylic acids is 2. The number of carbonyl (C=O) groups is 2. The molecule has 2 aliphatic heterocycles. The third-order valence-corrected chi connectivity index (χ3v) is 2.79. The zero-order valence-electron chi connectivity index (χ0n) is 7.96. The van der Waals surface area contributed by atoms with Crippen LogP contribution in [0.2, 0.25) is 0 Å². The summed E-state index contributed by atoms with van der Waals surface area (Å²) in [5.41, 5.74) is -0.710. The molecule has 0 aromatic rings. The first-order chi connectivity index (χ1) is 6.02. The fraction of sp³-hybridized carbons (Fsp3) is 0.778. The van der Waals surface area contributed by atoms with Crippen LogP contribution in [0.1, 0.15) is 26.7 Å². The minimum Gasteiger partial charge on any atom is -0.340 e. The van der Waals surface area contributed by atoms with Gasteiger partial charge in [-0.15, -0.1) is 0 Å². The zero-order chi connectivity index (χ0) is 9.64. The van der Waals surface area contributed by atoms with Gasteiger partial charge in [-0.05, 0) is 26.7 Å². The highest BCUT2D eigenvalue weighted by Crippen LogP contribution is 2.25. The van der Waals surface area contributed by atoms with E-state index in [-0.39, 0.29) is 17.9 Å². The average molecular weight is 182 g/mol. The number of amides is 2. The minimum absolute atomic E-state index is 0.00194. The lowest BCUT2D eigenvalue weighted by Crippen LogP contribution is -2.66. The van der Waals surface area contributed by atoms with Crippen LogP contribution in [-0.4, -0.2) is 34.8 Å². The second-order valence-corrected chi connectivity index (χ2v) is 4.27. The molecule has 0 aromatic heterocycles. The molecule has 4 heteroatoms. The fourth-order valence-corrected chi connectivity index (χ4v) is 2.09. The number of nitrogens with zero attached hydrogens (tertiary/aromatic N) is 1.